The van der Waals surface area contributed by atoms with E-state index in [0.29, 0.717) is 0 Å². The summed E-state index contributed by atoms with van der Waals surface area (Å²) in [4.78, 5) is 4.30. The van der Waals surface area contributed by atoms with Gasteiger partial charge in [0.15, 0.2) is 0 Å². The molecule has 0 radical (unpaired) electrons. The first-order valence-corrected chi connectivity index (χ1v) is 5.63. The van der Waals surface area contributed by atoms with E-state index in [0.717, 1.165) is 31.5 Å². The van der Waals surface area contributed by atoms with Crippen LogP contribution in [0.1, 0.15) is 37.9 Å². The highest BCUT2D eigenvalue weighted by Crippen LogP contribution is 2.41. The molecule has 1 saturated carbocycles. The van der Waals surface area contributed by atoms with Crippen molar-refractivity contribution in [2.24, 2.45) is 12.5 Å². The van der Waals surface area contributed by atoms with Crippen molar-refractivity contribution in [3.05, 3.63) is 18.2 Å². The van der Waals surface area contributed by atoms with Gasteiger partial charge in [0.05, 0.1) is 11.5 Å². The molecule has 1 heterocycles. The average Bonchev–Trinajstić information content (AvgIpc) is 2.85. The minimum Gasteiger partial charge on any atom is -0.338 e. The Morgan fingerprint density at radius 1 is 1.53 bits per heavy atom. The fourth-order valence-electron chi connectivity index (χ4n) is 2.46. The van der Waals surface area contributed by atoms with E-state index >= 15 is 0 Å². The van der Waals surface area contributed by atoms with Crippen molar-refractivity contribution >= 4 is 0 Å². The maximum atomic E-state index is 9.24. The van der Waals surface area contributed by atoms with Crippen molar-refractivity contribution in [2.75, 3.05) is 0 Å². The predicted octanol–water partition coefficient (Wildman–Crippen LogP) is 2.44. The van der Waals surface area contributed by atoms with Crippen LogP contribution in [-0.4, -0.2) is 9.55 Å². The lowest BCUT2D eigenvalue weighted by Gasteiger charge is -2.19. The van der Waals surface area contributed by atoms with Gasteiger partial charge in [-0.25, -0.2) is 4.98 Å². The lowest BCUT2D eigenvalue weighted by Crippen LogP contribution is -2.15. The minimum absolute atomic E-state index is 0.0497. The molecule has 0 aliphatic heterocycles. The molecule has 1 aliphatic carbocycles. The van der Waals surface area contributed by atoms with Crippen molar-refractivity contribution < 1.29 is 0 Å². The summed E-state index contributed by atoms with van der Waals surface area (Å²) in [7, 11) is 2.01. The first-order valence-electron chi connectivity index (χ1n) is 5.63. The number of aryl methyl sites for hydroxylation is 2. The van der Waals surface area contributed by atoms with Crippen LogP contribution in [-0.2, 0) is 13.5 Å². The number of rotatable bonds is 3. The molecule has 0 unspecified atom stereocenters. The monoisotopic (exact) mass is 203 g/mol. The molecule has 80 valence electrons. The topological polar surface area (TPSA) is 41.6 Å². The summed E-state index contributed by atoms with van der Waals surface area (Å²) in [5, 5.41) is 9.24. The van der Waals surface area contributed by atoms with E-state index in [1.165, 1.54) is 12.8 Å². The molecule has 3 heteroatoms. The third kappa shape index (κ3) is 2.04. The second-order valence-electron chi connectivity index (χ2n) is 4.55. The lowest BCUT2D eigenvalue weighted by molar-refractivity contribution is 0.371. The second kappa shape index (κ2) is 4.06. The van der Waals surface area contributed by atoms with E-state index in [4.69, 9.17) is 0 Å². The molecule has 0 spiro atoms. The molecule has 2 rings (SSSR count). The number of hydrogen-bond acceptors (Lipinski definition) is 2. The van der Waals surface area contributed by atoms with Crippen LogP contribution in [0, 0.1) is 16.7 Å². The quantitative estimate of drug-likeness (QED) is 0.757. The van der Waals surface area contributed by atoms with Crippen molar-refractivity contribution in [3.8, 4) is 6.07 Å². The zero-order valence-electron chi connectivity index (χ0n) is 9.24. The number of nitriles is 1. The van der Waals surface area contributed by atoms with E-state index in [-0.39, 0.29) is 5.41 Å². The van der Waals surface area contributed by atoms with Crippen molar-refractivity contribution in [2.45, 2.75) is 38.5 Å². The number of nitrogens with zero attached hydrogens (tertiary/aromatic N) is 3. The fraction of sp³-hybridized carbons (Fsp3) is 0.667. The largest absolute Gasteiger partial charge is 0.338 e. The van der Waals surface area contributed by atoms with Gasteiger partial charge >= 0.3 is 0 Å². The molecule has 1 aromatic heterocycles. The van der Waals surface area contributed by atoms with Crippen molar-refractivity contribution in [1.82, 2.24) is 9.55 Å². The van der Waals surface area contributed by atoms with Gasteiger partial charge in [0, 0.05) is 25.9 Å². The Morgan fingerprint density at radius 3 is 2.80 bits per heavy atom. The van der Waals surface area contributed by atoms with E-state index < -0.39 is 0 Å². The lowest BCUT2D eigenvalue weighted by atomic mass is 9.83. The molecular weight excluding hydrogens is 186 g/mol. The van der Waals surface area contributed by atoms with Gasteiger partial charge in [0.2, 0.25) is 0 Å². The third-order valence-corrected chi connectivity index (χ3v) is 3.55. The maximum Gasteiger partial charge on any atom is 0.108 e. The zero-order chi connectivity index (χ0) is 10.7. The normalized spacial score (nSPS) is 18.9. The molecule has 0 aromatic carbocycles. The highest BCUT2D eigenvalue weighted by molar-refractivity contribution is 5.04. The molecule has 15 heavy (non-hydrogen) atoms. The molecule has 0 atom stereocenters. The van der Waals surface area contributed by atoms with E-state index in [1.54, 1.807) is 0 Å². The van der Waals surface area contributed by atoms with Crippen LogP contribution >= 0.6 is 0 Å². The highest BCUT2D eigenvalue weighted by Gasteiger charge is 2.33. The summed E-state index contributed by atoms with van der Waals surface area (Å²) in [5.41, 5.74) is -0.0497. The highest BCUT2D eigenvalue weighted by atomic mass is 15.0. The van der Waals surface area contributed by atoms with Crippen LogP contribution in [0.25, 0.3) is 0 Å². The molecule has 1 fully saturated rings. The van der Waals surface area contributed by atoms with Gasteiger partial charge in [0.1, 0.15) is 5.82 Å². The first kappa shape index (κ1) is 10.2. The van der Waals surface area contributed by atoms with E-state index in [1.807, 2.05) is 24.0 Å². The SMILES string of the molecule is Cn1ccnc1CCC1(C#N)CCCC1. The molecule has 0 saturated heterocycles. The average molecular weight is 203 g/mol. The first-order chi connectivity index (χ1) is 7.26. The smallest absolute Gasteiger partial charge is 0.108 e. The van der Waals surface area contributed by atoms with Gasteiger partial charge in [-0.2, -0.15) is 5.26 Å². The Bertz CT molecular complexity index is 366. The number of imidazole rings is 1. The number of aromatic nitrogens is 2. The third-order valence-electron chi connectivity index (χ3n) is 3.55. The van der Waals surface area contributed by atoms with E-state index in [9.17, 15) is 5.26 Å². The van der Waals surface area contributed by atoms with Gasteiger partial charge in [-0.05, 0) is 19.3 Å². The Hall–Kier alpha value is -1.30. The zero-order valence-corrected chi connectivity index (χ0v) is 9.24. The van der Waals surface area contributed by atoms with E-state index in [2.05, 4.69) is 11.1 Å². The van der Waals surface area contributed by atoms with Gasteiger partial charge in [-0.1, -0.05) is 12.8 Å². The van der Waals surface area contributed by atoms with Crippen LogP contribution in [0.5, 0.6) is 0 Å². The standard InChI is InChI=1S/C12H17N3/c1-15-9-8-14-11(15)4-7-12(10-13)5-2-3-6-12/h8-9H,2-7H2,1H3. The Labute approximate surface area is 90.7 Å². The molecular formula is C12H17N3. The van der Waals surface area contributed by atoms with Gasteiger partial charge in [0.25, 0.3) is 0 Å². The molecule has 0 amide bonds. The maximum absolute atomic E-state index is 9.24. The predicted molar refractivity (Wildman–Crippen MR) is 58.0 cm³/mol. The van der Waals surface area contributed by atoms with Crippen LogP contribution in [0.15, 0.2) is 12.4 Å². The summed E-state index contributed by atoms with van der Waals surface area (Å²) in [5.74, 6) is 1.09. The minimum atomic E-state index is -0.0497. The fourth-order valence-corrected chi connectivity index (χ4v) is 2.46. The Morgan fingerprint density at radius 2 is 2.27 bits per heavy atom. The number of hydrogen-bond donors (Lipinski definition) is 0. The van der Waals surface area contributed by atoms with Crippen LogP contribution < -0.4 is 0 Å². The van der Waals surface area contributed by atoms with Crippen LogP contribution in [0.3, 0.4) is 0 Å². The Balaban J connectivity index is 1.98. The summed E-state index contributed by atoms with van der Waals surface area (Å²) in [6, 6.07) is 2.52. The summed E-state index contributed by atoms with van der Waals surface area (Å²) < 4.78 is 2.04. The summed E-state index contributed by atoms with van der Waals surface area (Å²) in [6.07, 6.45) is 10.3. The van der Waals surface area contributed by atoms with Crippen molar-refractivity contribution in [1.29, 1.82) is 5.26 Å². The van der Waals surface area contributed by atoms with Gasteiger partial charge in [-0.3, -0.25) is 0 Å². The van der Waals surface area contributed by atoms with Gasteiger partial charge in [-0.15, -0.1) is 0 Å². The second-order valence-corrected chi connectivity index (χ2v) is 4.55. The molecule has 0 bridgehead atoms. The summed E-state index contributed by atoms with van der Waals surface area (Å²) in [6.45, 7) is 0. The molecule has 1 aliphatic rings. The summed E-state index contributed by atoms with van der Waals surface area (Å²) >= 11 is 0. The molecule has 0 N–H and O–H groups in total. The van der Waals surface area contributed by atoms with Gasteiger partial charge < -0.3 is 4.57 Å². The van der Waals surface area contributed by atoms with Crippen LogP contribution in [0.2, 0.25) is 0 Å². The molecule has 3 nitrogen and oxygen atoms in total. The van der Waals surface area contributed by atoms with Crippen LogP contribution in [0.4, 0.5) is 0 Å². The Kier molecular flexibility index (Phi) is 2.77. The molecule has 1 aromatic rings. The van der Waals surface area contributed by atoms with Crippen molar-refractivity contribution in [3.63, 3.8) is 0 Å².